The Balaban J connectivity index is 2.59. The smallest absolute Gasteiger partial charge is 0.124 e. The number of methoxy groups -OCH3 is 1. The zero-order valence-electron chi connectivity index (χ0n) is 9.15. The molecule has 0 bridgehead atoms. The monoisotopic (exact) mass is 245 g/mol. The number of hydrogen-bond acceptors (Lipinski definition) is 4. The van der Waals surface area contributed by atoms with Crippen LogP contribution in [-0.4, -0.2) is 31.5 Å². The first-order valence-electron chi connectivity index (χ1n) is 4.95. The zero-order valence-corrected chi connectivity index (χ0v) is 9.91. The van der Waals surface area contributed by atoms with Gasteiger partial charge in [0.15, 0.2) is 0 Å². The van der Waals surface area contributed by atoms with E-state index in [1.54, 1.807) is 18.2 Å². The summed E-state index contributed by atoms with van der Waals surface area (Å²) in [6.45, 7) is 0.754. The summed E-state index contributed by atoms with van der Waals surface area (Å²) in [5, 5.41) is 10.0. The largest absolute Gasteiger partial charge is 0.490 e. The molecule has 0 saturated carbocycles. The van der Waals surface area contributed by atoms with Crippen molar-refractivity contribution < 1.29 is 14.6 Å². The van der Waals surface area contributed by atoms with E-state index >= 15 is 0 Å². The van der Waals surface area contributed by atoms with E-state index < -0.39 is 6.10 Å². The van der Waals surface area contributed by atoms with Gasteiger partial charge in [-0.05, 0) is 18.2 Å². The predicted molar refractivity (Wildman–Crippen MR) is 62.7 cm³/mol. The van der Waals surface area contributed by atoms with Crippen LogP contribution in [0.25, 0.3) is 0 Å². The lowest BCUT2D eigenvalue weighted by molar-refractivity contribution is 0.0323. The van der Waals surface area contributed by atoms with Crippen molar-refractivity contribution in [2.45, 2.75) is 12.6 Å². The van der Waals surface area contributed by atoms with Crippen molar-refractivity contribution in [1.82, 2.24) is 0 Å². The first kappa shape index (κ1) is 13.3. The fraction of sp³-hybridized carbons (Fsp3) is 0.455. The number of rotatable bonds is 6. The SMILES string of the molecule is COCC(O)COc1ccc(Cl)cc1CN. The summed E-state index contributed by atoms with van der Waals surface area (Å²) >= 11 is 5.83. The minimum absolute atomic E-state index is 0.169. The molecule has 0 aromatic heterocycles. The average molecular weight is 246 g/mol. The molecule has 90 valence electrons. The van der Waals surface area contributed by atoms with Crippen LogP contribution in [0.2, 0.25) is 5.02 Å². The summed E-state index contributed by atoms with van der Waals surface area (Å²) in [4.78, 5) is 0. The van der Waals surface area contributed by atoms with Crippen LogP contribution < -0.4 is 10.5 Å². The first-order chi connectivity index (χ1) is 7.67. The first-order valence-corrected chi connectivity index (χ1v) is 5.33. The van der Waals surface area contributed by atoms with E-state index in [9.17, 15) is 5.11 Å². The molecule has 0 heterocycles. The summed E-state index contributed by atoms with van der Waals surface area (Å²) in [6, 6.07) is 5.21. The van der Waals surface area contributed by atoms with Crippen molar-refractivity contribution in [2.24, 2.45) is 5.73 Å². The van der Waals surface area contributed by atoms with Crippen LogP contribution in [0.15, 0.2) is 18.2 Å². The molecule has 0 aliphatic rings. The van der Waals surface area contributed by atoms with Crippen LogP contribution in [0.3, 0.4) is 0 Å². The van der Waals surface area contributed by atoms with Crippen molar-refractivity contribution in [3.63, 3.8) is 0 Å². The third kappa shape index (κ3) is 3.98. The number of aliphatic hydroxyl groups excluding tert-OH is 1. The number of aliphatic hydroxyl groups is 1. The van der Waals surface area contributed by atoms with Crippen molar-refractivity contribution in [3.8, 4) is 5.75 Å². The standard InChI is InChI=1S/C11H16ClNO3/c1-15-6-10(14)7-16-11-3-2-9(12)4-8(11)5-13/h2-4,10,14H,5-7,13H2,1H3. The number of ether oxygens (including phenoxy) is 2. The second kappa shape index (κ2) is 6.70. The van der Waals surface area contributed by atoms with E-state index in [4.69, 9.17) is 26.8 Å². The highest BCUT2D eigenvalue weighted by atomic mass is 35.5. The summed E-state index contributed by atoms with van der Waals surface area (Å²) in [7, 11) is 1.52. The molecule has 0 spiro atoms. The zero-order chi connectivity index (χ0) is 12.0. The quantitative estimate of drug-likeness (QED) is 0.790. The lowest BCUT2D eigenvalue weighted by Gasteiger charge is -2.14. The van der Waals surface area contributed by atoms with Gasteiger partial charge in [0.2, 0.25) is 0 Å². The Labute approximate surface area is 99.9 Å². The molecule has 0 radical (unpaired) electrons. The molecule has 3 N–H and O–H groups in total. The summed E-state index contributed by atoms with van der Waals surface area (Å²) < 4.78 is 10.2. The highest BCUT2D eigenvalue weighted by molar-refractivity contribution is 6.30. The van der Waals surface area contributed by atoms with Gasteiger partial charge in [0, 0.05) is 24.2 Å². The maximum atomic E-state index is 9.42. The van der Waals surface area contributed by atoms with Crippen molar-refractivity contribution in [2.75, 3.05) is 20.3 Å². The normalized spacial score (nSPS) is 12.5. The molecular weight excluding hydrogens is 230 g/mol. The Morgan fingerprint density at radius 3 is 2.81 bits per heavy atom. The minimum atomic E-state index is -0.647. The number of halogens is 1. The number of benzene rings is 1. The van der Waals surface area contributed by atoms with E-state index in [1.807, 2.05) is 0 Å². The molecule has 16 heavy (non-hydrogen) atoms. The van der Waals surface area contributed by atoms with E-state index in [0.717, 1.165) is 5.56 Å². The molecule has 1 aromatic rings. The van der Waals surface area contributed by atoms with Gasteiger partial charge in [-0.25, -0.2) is 0 Å². The van der Waals surface area contributed by atoms with Crippen LogP contribution in [0.4, 0.5) is 0 Å². The van der Waals surface area contributed by atoms with Gasteiger partial charge in [-0.2, -0.15) is 0 Å². The molecule has 0 aliphatic carbocycles. The van der Waals surface area contributed by atoms with Gasteiger partial charge in [-0.15, -0.1) is 0 Å². The lowest BCUT2D eigenvalue weighted by Crippen LogP contribution is -2.23. The van der Waals surface area contributed by atoms with Gasteiger partial charge in [-0.3, -0.25) is 0 Å². The number of nitrogens with two attached hydrogens (primary N) is 1. The Kier molecular flexibility index (Phi) is 5.55. The summed E-state index contributed by atoms with van der Waals surface area (Å²) in [5.41, 5.74) is 6.38. The van der Waals surface area contributed by atoms with Gasteiger partial charge in [0.25, 0.3) is 0 Å². The Hall–Kier alpha value is -0.810. The summed E-state index contributed by atoms with van der Waals surface area (Å²) in [5.74, 6) is 0.641. The second-order valence-corrected chi connectivity index (χ2v) is 3.81. The molecule has 0 fully saturated rings. The lowest BCUT2D eigenvalue weighted by atomic mass is 10.2. The van der Waals surface area contributed by atoms with Crippen LogP contribution in [0.5, 0.6) is 5.75 Å². The molecule has 1 unspecified atom stereocenters. The fourth-order valence-corrected chi connectivity index (χ4v) is 1.47. The van der Waals surface area contributed by atoms with Crippen LogP contribution in [0.1, 0.15) is 5.56 Å². The van der Waals surface area contributed by atoms with Gasteiger partial charge >= 0.3 is 0 Å². The van der Waals surface area contributed by atoms with Crippen molar-refractivity contribution in [1.29, 1.82) is 0 Å². The second-order valence-electron chi connectivity index (χ2n) is 3.38. The fourth-order valence-electron chi connectivity index (χ4n) is 1.27. The van der Waals surface area contributed by atoms with Gasteiger partial charge in [0.05, 0.1) is 6.61 Å². The molecule has 1 aromatic carbocycles. The van der Waals surface area contributed by atoms with Crippen molar-refractivity contribution >= 4 is 11.6 Å². The third-order valence-electron chi connectivity index (χ3n) is 2.03. The van der Waals surface area contributed by atoms with Gasteiger partial charge in [-0.1, -0.05) is 11.6 Å². The maximum absolute atomic E-state index is 9.42. The molecule has 0 aliphatic heterocycles. The molecule has 5 heteroatoms. The van der Waals surface area contributed by atoms with Gasteiger partial charge < -0.3 is 20.3 Å². The average Bonchev–Trinajstić information content (AvgIpc) is 2.27. The topological polar surface area (TPSA) is 64.7 Å². The Bertz CT molecular complexity index is 333. The summed E-state index contributed by atoms with van der Waals surface area (Å²) in [6.07, 6.45) is -0.647. The minimum Gasteiger partial charge on any atom is -0.490 e. The van der Waals surface area contributed by atoms with Crippen LogP contribution >= 0.6 is 11.6 Å². The Morgan fingerprint density at radius 2 is 2.19 bits per heavy atom. The molecule has 0 saturated heterocycles. The van der Waals surface area contributed by atoms with E-state index in [-0.39, 0.29) is 13.2 Å². The predicted octanol–water partition coefficient (Wildman–Crippen LogP) is 1.18. The number of hydrogen-bond donors (Lipinski definition) is 2. The van der Waals surface area contributed by atoms with E-state index in [2.05, 4.69) is 0 Å². The van der Waals surface area contributed by atoms with Crippen LogP contribution in [-0.2, 0) is 11.3 Å². The maximum Gasteiger partial charge on any atom is 0.124 e. The highest BCUT2D eigenvalue weighted by Crippen LogP contribution is 2.22. The van der Waals surface area contributed by atoms with E-state index in [0.29, 0.717) is 17.3 Å². The molecular formula is C11H16ClNO3. The third-order valence-corrected chi connectivity index (χ3v) is 2.27. The highest BCUT2D eigenvalue weighted by Gasteiger charge is 2.07. The molecule has 4 nitrogen and oxygen atoms in total. The molecule has 1 atom stereocenters. The van der Waals surface area contributed by atoms with Crippen LogP contribution in [0, 0.1) is 0 Å². The van der Waals surface area contributed by atoms with E-state index in [1.165, 1.54) is 7.11 Å². The molecule has 0 amide bonds. The molecule has 1 rings (SSSR count). The van der Waals surface area contributed by atoms with Crippen molar-refractivity contribution in [3.05, 3.63) is 28.8 Å². The Morgan fingerprint density at radius 1 is 1.44 bits per heavy atom. The van der Waals surface area contributed by atoms with Gasteiger partial charge in [0.1, 0.15) is 18.5 Å².